The van der Waals surface area contributed by atoms with E-state index in [0.29, 0.717) is 11.3 Å². The van der Waals surface area contributed by atoms with E-state index in [4.69, 9.17) is 11.0 Å². The van der Waals surface area contributed by atoms with Crippen molar-refractivity contribution in [2.75, 3.05) is 0 Å². The molecule has 0 saturated heterocycles. The van der Waals surface area contributed by atoms with Gasteiger partial charge < -0.3 is 5.73 Å². The largest absolute Gasteiger partial charge is 0.398 e. The molecule has 64 valence electrons. The fraction of sp³-hybridized carbons (Fsp3) is 0. The van der Waals surface area contributed by atoms with E-state index in [1.165, 1.54) is 0 Å². The van der Waals surface area contributed by atoms with Gasteiger partial charge in [-0.15, -0.1) is 0 Å². The van der Waals surface area contributed by atoms with Gasteiger partial charge in [-0.3, -0.25) is 0 Å². The summed E-state index contributed by atoms with van der Waals surface area (Å²) < 4.78 is 0. The van der Waals surface area contributed by atoms with Crippen molar-refractivity contribution in [3.8, 4) is 6.07 Å². The Morgan fingerprint density at radius 1 is 1.38 bits per heavy atom. The third kappa shape index (κ3) is 2.49. The molecule has 2 nitrogen and oxygen atoms in total. The Balaban J connectivity index is 3.01. The highest BCUT2D eigenvalue weighted by atomic mass is 14.6. The number of benzene rings is 1. The Morgan fingerprint density at radius 3 is 2.46 bits per heavy atom. The van der Waals surface area contributed by atoms with Crippen LogP contribution in [0.3, 0.4) is 0 Å². The molecule has 1 aromatic rings. The molecule has 0 aliphatic rings. The maximum absolute atomic E-state index is 8.70. The van der Waals surface area contributed by atoms with E-state index in [1.807, 2.05) is 36.4 Å². The number of nitrogens with zero attached hydrogens (tertiary/aromatic N) is 1. The summed E-state index contributed by atoms with van der Waals surface area (Å²) in [6, 6.07) is 11.5. The summed E-state index contributed by atoms with van der Waals surface area (Å²) in [5.74, 6) is 0. The van der Waals surface area contributed by atoms with Gasteiger partial charge >= 0.3 is 0 Å². The second-order valence-electron chi connectivity index (χ2n) is 2.61. The van der Waals surface area contributed by atoms with Crippen LogP contribution in [0.15, 0.2) is 48.2 Å². The quantitative estimate of drug-likeness (QED) is 0.545. The zero-order valence-electron chi connectivity index (χ0n) is 7.20. The zero-order chi connectivity index (χ0) is 9.68. The van der Waals surface area contributed by atoms with E-state index in [2.05, 4.69) is 6.58 Å². The Labute approximate surface area is 77.6 Å². The molecule has 1 aromatic carbocycles. The van der Waals surface area contributed by atoms with Crippen molar-refractivity contribution in [1.29, 1.82) is 5.26 Å². The molecule has 0 radical (unpaired) electrons. The molecule has 0 atom stereocenters. The first kappa shape index (κ1) is 9.08. The van der Waals surface area contributed by atoms with Crippen molar-refractivity contribution in [3.05, 3.63) is 53.7 Å². The summed E-state index contributed by atoms with van der Waals surface area (Å²) >= 11 is 0. The molecule has 2 heteroatoms. The molecule has 0 aromatic heterocycles. The van der Waals surface area contributed by atoms with E-state index in [1.54, 1.807) is 6.08 Å². The van der Waals surface area contributed by atoms with Gasteiger partial charge in [-0.05, 0) is 11.6 Å². The smallest absolute Gasteiger partial charge is 0.101 e. The van der Waals surface area contributed by atoms with Crippen LogP contribution in [0.1, 0.15) is 5.56 Å². The Morgan fingerprint density at radius 2 is 2.00 bits per heavy atom. The first-order valence-electron chi connectivity index (χ1n) is 3.85. The number of rotatable bonds is 2. The minimum Gasteiger partial charge on any atom is -0.398 e. The Kier molecular flexibility index (Phi) is 2.88. The van der Waals surface area contributed by atoms with Gasteiger partial charge in [-0.25, -0.2) is 0 Å². The minimum atomic E-state index is 0.298. The molecule has 0 fully saturated rings. The molecule has 0 amide bonds. The van der Waals surface area contributed by atoms with E-state index in [9.17, 15) is 0 Å². The van der Waals surface area contributed by atoms with E-state index in [0.717, 1.165) is 5.56 Å². The molecule has 0 aliphatic heterocycles. The Hall–Kier alpha value is -2.01. The molecule has 13 heavy (non-hydrogen) atoms. The third-order valence-electron chi connectivity index (χ3n) is 1.58. The van der Waals surface area contributed by atoms with Crippen LogP contribution in [0.4, 0.5) is 0 Å². The first-order chi connectivity index (χ1) is 6.24. The summed E-state index contributed by atoms with van der Waals surface area (Å²) in [6.07, 6.45) is 1.71. The summed E-state index contributed by atoms with van der Waals surface area (Å²) in [5.41, 5.74) is 7.07. The van der Waals surface area contributed by atoms with Crippen molar-refractivity contribution in [1.82, 2.24) is 0 Å². The lowest BCUT2D eigenvalue weighted by molar-refractivity contribution is 1.37. The summed E-state index contributed by atoms with van der Waals surface area (Å²) in [7, 11) is 0. The second-order valence-corrected chi connectivity index (χ2v) is 2.61. The highest BCUT2D eigenvalue weighted by molar-refractivity contribution is 5.62. The highest BCUT2D eigenvalue weighted by Gasteiger charge is 1.95. The zero-order valence-corrected chi connectivity index (χ0v) is 7.20. The molecule has 0 bridgehead atoms. The number of hydrogen-bond donors (Lipinski definition) is 1. The lowest BCUT2D eigenvalue weighted by atomic mass is 10.1. The first-order valence-corrected chi connectivity index (χ1v) is 3.85. The summed E-state index contributed by atoms with van der Waals surface area (Å²) in [5, 5.41) is 8.70. The summed E-state index contributed by atoms with van der Waals surface area (Å²) in [6.45, 7) is 3.51. The van der Waals surface area contributed by atoms with Gasteiger partial charge in [0.2, 0.25) is 0 Å². The number of nitriles is 1. The average molecular weight is 170 g/mol. The Bertz CT molecular complexity index is 369. The molecule has 2 N–H and O–H groups in total. The maximum Gasteiger partial charge on any atom is 0.101 e. The van der Waals surface area contributed by atoms with Gasteiger partial charge in [0, 0.05) is 5.70 Å². The predicted octanol–water partition coefficient (Wildman–Crippen LogP) is 2.07. The molecule has 0 saturated carbocycles. The molecular formula is C11H10N2. The standard InChI is InChI=1S/C11H10N2/c1-9(13)11(8-12)7-10-5-3-2-4-6-10/h2-7H,1,13H2/b11-7+. The lowest BCUT2D eigenvalue weighted by Crippen LogP contribution is -1.96. The van der Waals surface area contributed by atoms with E-state index in [-0.39, 0.29) is 0 Å². The topological polar surface area (TPSA) is 49.8 Å². The minimum absolute atomic E-state index is 0.298. The number of hydrogen-bond acceptors (Lipinski definition) is 2. The van der Waals surface area contributed by atoms with Crippen LogP contribution in [0.5, 0.6) is 0 Å². The van der Waals surface area contributed by atoms with Crippen LogP contribution in [-0.2, 0) is 0 Å². The monoisotopic (exact) mass is 170 g/mol. The molecular weight excluding hydrogens is 160 g/mol. The van der Waals surface area contributed by atoms with E-state index < -0.39 is 0 Å². The van der Waals surface area contributed by atoms with Crippen LogP contribution in [-0.4, -0.2) is 0 Å². The van der Waals surface area contributed by atoms with Gasteiger partial charge in [0.1, 0.15) is 6.07 Å². The maximum atomic E-state index is 8.70. The van der Waals surface area contributed by atoms with Crippen molar-refractivity contribution < 1.29 is 0 Å². The van der Waals surface area contributed by atoms with Gasteiger partial charge in [-0.2, -0.15) is 5.26 Å². The molecule has 0 spiro atoms. The van der Waals surface area contributed by atoms with Gasteiger partial charge in [0.05, 0.1) is 5.57 Å². The van der Waals surface area contributed by atoms with Crippen molar-refractivity contribution in [3.63, 3.8) is 0 Å². The molecule has 1 rings (SSSR count). The summed E-state index contributed by atoms with van der Waals surface area (Å²) in [4.78, 5) is 0. The number of allylic oxidation sites excluding steroid dienone is 1. The number of nitrogens with two attached hydrogens (primary N) is 1. The average Bonchev–Trinajstić information content (AvgIpc) is 2.15. The van der Waals surface area contributed by atoms with Gasteiger partial charge in [0.25, 0.3) is 0 Å². The predicted molar refractivity (Wildman–Crippen MR) is 53.4 cm³/mol. The van der Waals surface area contributed by atoms with Gasteiger partial charge in [0.15, 0.2) is 0 Å². The van der Waals surface area contributed by atoms with Crippen molar-refractivity contribution >= 4 is 6.08 Å². The fourth-order valence-electron chi connectivity index (χ4n) is 0.913. The lowest BCUT2D eigenvalue weighted by Gasteiger charge is -1.96. The molecule has 0 aliphatic carbocycles. The van der Waals surface area contributed by atoms with Crippen LogP contribution < -0.4 is 5.73 Å². The van der Waals surface area contributed by atoms with Crippen molar-refractivity contribution in [2.45, 2.75) is 0 Å². The second kappa shape index (κ2) is 4.13. The fourth-order valence-corrected chi connectivity index (χ4v) is 0.913. The molecule has 0 unspecified atom stereocenters. The SMILES string of the molecule is C=C(N)/C(C#N)=C/c1ccccc1. The van der Waals surface area contributed by atoms with Crippen molar-refractivity contribution in [2.24, 2.45) is 5.73 Å². The van der Waals surface area contributed by atoms with E-state index >= 15 is 0 Å². The molecule has 0 heterocycles. The van der Waals surface area contributed by atoms with Gasteiger partial charge in [-0.1, -0.05) is 36.9 Å². The third-order valence-corrected chi connectivity index (χ3v) is 1.58. The van der Waals surface area contributed by atoms with Crippen LogP contribution >= 0.6 is 0 Å². The van der Waals surface area contributed by atoms with Crippen LogP contribution in [0.2, 0.25) is 0 Å². The van der Waals surface area contributed by atoms with Crippen LogP contribution in [0.25, 0.3) is 6.08 Å². The highest BCUT2D eigenvalue weighted by Crippen LogP contribution is 2.08. The van der Waals surface area contributed by atoms with Crippen LogP contribution in [0, 0.1) is 11.3 Å². The normalized spacial score (nSPS) is 10.5.